The van der Waals surface area contributed by atoms with Gasteiger partial charge in [0.25, 0.3) is 0 Å². The number of ether oxygens (including phenoxy) is 2. The van der Waals surface area contributed by atoms with E-state index in [1.807, 2.05) is 19.1 Å². The number of hydrogen-bond acceptors (Lipinski definition) is 2. The predicted octanol–water partition coefficient (Wildman–Crippen LogP) is 3.30. The molecule has 82 valence electrons. The molecule has 0 aromatic heterocycles. The van der Waals surface area contributed by atoms with Gasteiger partial charge in [-0.15, -0.1) is 13.2 Å². The minimum absolute atomic E-state index is 0.0929. The Hall–Kier alpha value is -0.600. The van der Waals surface area contributed by atoms with Crippen LogP contribution in [0.2, 0.25) is 0 Å². The molecule has 0 heterocycles. The Morgan fingerprint density at radius 3 is 1.79 bits per heavy atom. The molecular formula is C12H22O2. The van der Waals surface area contributed by atoms with Gasteiger partial charge in [-0.05, 0) is 32.6 Å². The van der Waals surface area contributed by atoms with Crippen LogP contribution in [-0.2, 0) is 9.47 Å². The highest BCUT2D eigenvalue weighted by molar-refractivity contribution is 4.65. The van der Waals surface area contributed by atoms with Crippen molar-refractivity contribution in [2.75, 3.05) is 13.2 Å². The van der Waals surface area contributed by atoms with Crippen LogP contribution in [0.15, 0.2) is 25.3 Å². The van der Waals surface area contributed by atoms with E-state index in [2.05, 4.69) is 13.2 Å². The molecule has 0 N–H and O–H groups in total. The Bertz CT molecular complexity index is 127. The second-order valence-electron chi connectivity index (χ2n) is 3.17. The van der Waals surface area contributed by atoms with Gasteiger partial charge >= 0.3 is 0 Å². The quantitative estimate of drug-likeness (QED) is 0.304. The van der Waals surface area contributed by atoms with Gasteiger partial charge in [0.15, 0.2) is 6.29 Å². The molecule has 0 aromatic rings. The van der Waals surface area contributed by atoms with Crippen molar-refractivity contribution in [2.45, 2.75) is 38.9 Å². The first-order valence-corrected chi connectivity index (χ1v) is 5.26. The molecule has 0 saturated carbocycles. The van der Waals surface area contributed by atoms with E-state index in [9.17, 15) is 0 Å². The van der Waals surface area contributed by atoms with Gasteiger partial charge in [-0.25, -0.2) is 0 Å². The zero-order chi connectivity index (χ0) is 10.6. The molecule has 2 heteroatoms. The number of rotatable bonds is 10. The predicted molar refractivity (Wildman–Crippen MR) is 60.2 cm³/mol. The average molecular weight is 198 g/mol. The molecule has 0 bridgehead atoms. The lowest BCUT2D eigenvalue weighted by Crippen LogP contribution is -2.14. The van der Waals surface area contributed by atoms with Crippen LogP contribution in [-0.4, -0.2) is 19.5 Å². The van der Waals surface area contributed by atoms with Gasteiger partial charge in [-0.1, -0.05) is 12.2 Å². The lowest BCUT2D eigenvalue weighted by Gasteiger charge is -2.13. The highest BCUT2D eigenvalue weighted by Crippen LogP contribution is 1.99. The maximum Gasteiger partial charge on any atom is 0.154 e. The summed E-state index contributed by atoms with van der Waals surface area (Å²) in [5.41, 5.74) is 0. The fraction of sp³-hybridized carbons (Fsp3) is 0.667. The van der Waals surface area contributed by atoms with Gasteiger partial charge in [0, 0.05) is 0 Å². The molecule has 0 aromatic carbocycles. The molecule has 0 unspecified atom stereocenters. The van der Waals surface area contributed by atoms with E-state index in [4.69, 9.17) is 9.47 Å². The van der Waals surface area contributed by atoms with E-state index < -0.39 is 0 Å². The standard InChI is InChI=1S/C12H22O2/c1-4-6-8-10-13-12(3)14-11-9-7-5-2/h4-5,12H,1-2,6-11H2,3H3. The molecule has 14 heavy (non-hydrogen) atoms. The first-order valence-electron chi connectivity index (χ1n) is 5.26. The molecule has 0 aliphatic rings. The van der Waals surface area contributed by atoms with E-state index in [0.29, 0.717) is 0 Å². The van der Waals surface area contributed by atoms with E-state index in [1.54, 1.807) is 0 Å². The lowest BCUT2D eigenvalue weighted by molar-refractivity contribution is -0.131. The molecule has 0 amide bonds. The van der Waals surface area contributed by atoms with Gasteiger partial charge in [0.2, 0.25) is 0 Å². The Labute approximate surface area is 87.6 Å². The van der Waals surface area contributed by atoms with E-state index in [-0.39, 0.29) is 6.29 Å². The normalized spacial score (nSPS) is 10.4. The van der Waals surface area contributed by atoms with Crippen molar-refractivity contribution < 1.29 is 9.47 Å². The molecule has 0 aliphatic carbocycles. The van der Waals surface area contributed by atoms with Crippen LogP contribution in [0.3, 0.4) is 0 Å². The molecule has 0 fully saturated rings. The van der Waals surface area contributed by atoms with Crippen molar-refractivity contribution in [1.82, 2.24) is 0 Å². The third kappa shape index (κ3) is 9.49. The maximum atomic E-state index is 5.43. The summed E-state index contributed by atoms with van der Waals surface area (Å²) in [5, 5.41) is 0. The molecule has 0 radical (unpaired) electrons. The van der Waals surface area contributed by atoms with Crippen molar-refractivity contribution in [3.8, 4) is 0 Å². The summed E-state index contributed by atoms with van der Waals surface area (Å²) in [4.78, 5) is 0. The zero-order valence-corrected chi connectivity index (χ0v) is 9.21. The summed E-state index contributed by atoms with van der Waals surface area (Å²) in [5.74, 6) is 0. The number of unbranched alkanes of at least 4 members (excludes halogenated alkanes) is 2. The summed E-state index contributed by atoms with van der Waals surface area (Å²) in [6.45, 7) is 10.7. The fourth-order valence-corrected chi connectivity index (χ4v) is 1.00. The van der Waals surface area contributed by atoms with Crippen LogP contribution in [0.4, 0.5) is 0 Å². The van der Waals surface area contributed by atoms with Crippen LogP contribution in [0, 0.1) is 0 Å². The topological polar surface area (TPSA) is 18.5 Å². The van der Waals surface area contributed by atoms with Gasteiger partial charge in [0.05, 0.1) is 13.2 Å². The monoisotopic (exact) mass is 198 g/mol. The SMILES string of the molecule is C=CCCCOC(C)OCCCC=C. The first kappa shape index (κ1) is 13.4. The zero-order valence-electron chi connectivity index (χ0n) is 9.21. The fourth-order valence-electron chi connectivity index (χ4n) is 1.00. The second kappa shape index (κ2) is 10.5. The van der Waals surface area contributed by atoms with Crippen LogP contribution in [0.5, 0.6) is 0 Å². The minimum Gasteiger partial charge on any atom is -0.353 e. The van der Waals surface area contributed by atoms with Crippen molar-refractivity contribution in [3.05, 3.63) is 25.3 Å². The molecule has 0 aliphatic heterocycles. The van der Waals surface area contributed by atoms with Gasteiger partial charge in [0.1, 0.15) is 0 Å². The van der Waals surface area contributed by atoms with E-state index in [1.165, 1.54) is 0 Å². The van der Waals surface area contributed by atoms with Crippen molar-refractivity contribution in [3.63, 3.8) is 0 Å². The summed E-state index contributed by atoms with van der Waals surface area (Å²) < 4.78 is 10.9. The van der Waals surface area contributed by atoms with Crippen LogP contribution >= 0.6 is 0 Å². The first-order chi connectivity index (χ1) is 6.81. The molecule has 0 atom stereocenters. The Morgan fingerprint density at radius 2 is 1.43 bits per heavy atom. The minimum atomic E-state index is -0.0929. The Morgan fingerprint density at radius 1 is 1.00 bits per heavy atom. The maximum absolute atomic E-state index is 5.43. The average Bonchev–Trinajstić information content (AvgIpc) is 2.19. The molecule has 2 nitrogen and oxygen atoms in total. The number of allylic oxidation sites excluding steroid dienone is 2. The van der Waals surface area contributed by atoms with Crippen LogP contribution in [0.1, 0.15) is 32.6 Å². The van der Waals surface area contributed by atoms with E-state index >= 15 is 0 Å². The Balaban J connectivity index is 3.14. The number of hydrogen-bond donors (Lipinski definition) is 0. The van der Waals surface area contributed by atoms with Crippen molar-refractivity contribution in [1.29, 1.82) is 0 Å². The molecule has 0 spiro atoms. The largest absolute Gasteiger partial charge is 0.353 e. The van der Waals surface area contributed by atoms with Gasteiger partial charge < -0.3 is 9.47 Å². The van der Waals surface area contributed by atoms with Gasteiger partial charge in [-0.3, -0.25) is 0 Å². The van der Waals surface area contributed by atoms with Gasteiger partial charge in [-0.2, -0.15) is 0 Å². The van der Waals surface area contributed by atoms with Crippen LogP contribution < -0.4 is 0 Å². The lowest BCUT2D eigenvalue weighted by atomic mass is 10.3. The molecular weight excluding hydrogens is 176 g/mol. The Kier molecular flexibility index (Phi) is 10.0. The third-order valence-electron chi connectivity index (χ3n) is 1.81. The summed E-state index contributed by atoms with van der Waals surface area (Å²) in [6, 6.07) is 0. The highest BCUT2D eigenvalue weighted by Gasteiger charge is 1.99. The molecule has 0 saturated heterocycles. The van der Waals surface area contributed by atoms with E-state index in [0.717, 1.165) is 38.9 Å². The summed E-state index contributed by atoms with van der Waals surface area (Å²) in [6.07, 6.45) is 7.75. The van der Waals surface area contributed by atoms with Crippen molar-refractivity contribution >= 4 is 0 Å². The van der Waals surface area contributed by atoms with Crippen molar-refractivity contribution in [2.24, 2.45) is 0 Å². The summed E-state index contributed by atoms with van der Waals surface area (Å²) in [7, 11) is 0. The smallest absolute Gasteiger partial charge is 0.154 e. The molecule has 0 rings (SSSR count). The highest BCUT2D eigenvalue weighted by atomic mass is 16.7. The summed E-state index contributed by atoms with van der Waals surface area (Å²) >= 11 is 0. The second-order valence-corrected chi connectivity index (χ2v) is 3.17. The van der Waals surface area contributed by atoms with Crippen LogP contribution in [0.25, 0.3) is 0 Å². The third-order valence-corrected chi connectivity index (χ3v) is 1.81.